The summed E-state index contributed by atoms with van der Waals surface area (Å²) in [6, 6.07) is 15.6. The number of hydrogen-bond donors (Lipinski definition) is 0. The third-order valence-electron chi connectivity index (χ3n) is 10.3. The van der Waals surface area contributed by atoms with Gasteiger partial charge in [0.15, 0.2) is 0 Å². The van der Waals surface area contributed by atoms with E-state index >= 15 is 0 Å². The normalized spacial score (nSPS) is 23.4. The zero-order valence-corrected chi connectivity index (χ0v) is 27.2. The maximum atomic E-state index is 14.3. The molecule has 6 rings (SSSR count). The molecule has 0 radical (unpaired) electrons. The Hall–Kier alpha value is -3.61. The van der Waals surface area contributed by atoms with Crippen LogP contribution in [0.25, 0.3) is 11.1 Å². The highest BCUT2D eigenvalue weighted by Gasteiger charge is 2.35. The van der Waals surface area contributed by atoms with E-state index in [0.717, 1.165) is 86.9 Å². The first-order valence-corrected chi connectivity index (χ1v) is 17.2. The van der Waals surface area contributed by atoms with Gasteiger partial charge in [0.2, 0.25) is 5.91 Å². The van der Waals surface area contributed by atoms with Crippen LogP contribution in [0.4, 0.5) is 5.69 Å². The van der Waals surface area contributed by atoms with E-state index in [-0.39, 0.29) is 23.7 Å². The average molecular weight is 612 g/mol. The van der Waals surface area contributed by atoms with Crippen LogP contribution in [0.5, 0.6) is 5.75 Å². The number of anilines is 1. The average Bonchev–Trinajstić information content (AvgIpc) is 3.81. The van der Waals surface area contributed by atoms with Gasteiger partial charge in [-0.1, -0.05) is 31.2 Å². The second-order valence-electron chi connectivity index (χ2n) is 13.6. The largest absolute Gasteiger partial charge is 0.496 e. The number of carbonyl (C=O) groups is 2. The number of aryl methyl sites for hydroxylation is 1. The topological polar surface area (TPSA) is 73.7 Å². The maximum Gasteiger partial charge on any atom is 0.308 e. The summed E-state index contributed by atoms with van der Waals surface area (Å²) in [4.78, 5) is 28.9. The standard InChI is InChI=1S/C38H49N3O4/c1-4-20-45-38(43)30-14-12-29(13-15-30)37(42)40(35-7-5-6-31(22-35)33-23-39-41(25-33)34-17-18-34)24-27-8-10-28(11-9-27)32-16-19-36(44-3)26(2)21-32/h5-7,16,19,21-23,25,27-30,34H,4,8-15,17-18,20,24H2,1-3H3/t27-,28-,29-,30-. The fourth-order valence-corrected chi connectivity index (χ4v) is 7.41. The van der Waals surface area contributed by atoms with E-state index in [4.69, 9.17) is 9.47 Å². The van der Waals surface area contributed by atoms with Gasteiger partial charge in [0, 0.05) is 29.9 Å². The predicted molar refractivity (Wildman–Crippen MR) is 177 cm³/mol. The Morgan fingerprint density at radius 3 is 2.36 bits per heavy atom. The van der Waals surface area contributed by atoms with Gasteiger partial charge >= 0.3 is 5.97 Å². The van der Waals surface area contributed by atoms with Crippen LogP contribution < -0.4 is 9.64 Å². The summed E-state index contributed by atoms with van der Waals surface area (Å²) in [5.74, 6) is 1.89. The summed E-state index contributed by atoms with van der Waals surface area (Å²) < 4.78 is 13.0. The smallest absolute Gasteiger partial charge is 0.308 e. The first kappa shape index (κ1) is 31.4. The van der Waals surface area contributed by atoms with Crippen molar-refractivity contribution in [2.75, 3.05) is 25.2 Å². The number of methoxy groups -OCH3 is 1. The quantitative estimate of drug-likeness (QED) is 0.204. The van der Waals surface area contributed by atoms with Gasteiger partial charge in [0.05, 0.1) is 31.9 Å². The minimum atomic E-state index is -0.0946. The van der Waals surface area contributed by atoms with E-state index in [1.807, 2.05) is 13.1 Å². The van der Waals surface area contributed by atoms with Gasteiger partial charge in [-0.2, -0.15) is 5.10 Å². The highest BCUT2D eigenvalue weighted by Crippen LogP contribution is 2.40. The van der Waals surface area contributed by atoms with Crippen molar-refractivity contribution < 1.29 is 19.1 Å². The third kappa shape index (κ3) is 7.45. The first-order valence-electron chi connectivity index (χ1n) is 17.2. The SMILES string of the molecule is CCCOC(=O)[C@H]1CC[C@H](C(=O)N(C[C@H]2CC[C@H](c3ccc(OC)c(C)c3)CC2)c2cccc(-c3cnn(C4CC4)c3)c2)CC1. The van der Waals surface area contributed by atoms with Crippen LogP contribution >= 0.6 is 0 Å². The summed E-state index contributed by atoms with van der Waals surface area (Å²) >= 11 is 0. The Kier molecular flexibility index (Phi) is 9.91. The zero-order valence-electron chi connectivity index (χ0n) is 27.2. The second kappa shape index (κ2) is 14.2. The molecule has 1 amide bonds. The minimum absolute atomic E-state index is 0.0693. The molecule has 0 unspecified atom stereocenters. The third-order valence-corrected chi connectivity index (χ3v) is 10.3. The Balaban J connectivity index is 1.17. The summed E-state index contributed by atoms with van der Waals surface area (Å²) in [6.07, 6.45) is 14.7. The molecule has 3 aliphatic rings. The van der Waals surface area contributed by atoms with Gasteiger partial charge in [-0.25, -0.2) is 0 Å². The number of amides is 1. The number of benzene rings is 2. The van der Waals surface area contributed by atoms with Gasteiger partial charge in [-0.15, -0.1) is 0 Å². The lowest BCUT2D eigenvalue weighted by molar-refractivity contribution is -0.150. The van der Waals surface area contributed by atoms with Crippen molar-refractivity contribution in [1.82, 2.24) is 9.78 Å². The highest BCUT2D eigenvalue weighted by atomic mass is 16.5. The molecule has 2 aromatic carbocycles. The Morgan fingerprint density at radius 2 is 1.67 bits per heavy atom. The molecule has 3 saturated carbocycles. The van der Waals surface area contributed by atoms with Crippen LogP contribution in [0.2, 0.25) is 0 Å². The van der Waals surface area contributed by atoms with E-state index in [1.54, 1.807) is 7.11 Å². The number of ether oxygens (including phenoxy) is 2. The second-order valence-corrected chi connectivity index (χ2v) is 13.6. The van der Waals surface area contributed by atoms with Gasteiger partial charge in [0.25, 0.3) is 0 Å². The van der Waals surface area contributed by atoms with Gasteiger partial charge in [0.1, 0.15) is 5.75 Å². The Morgan fingerprint density at radius 1 is 0.911 bits per heavy atom. The molecular weight excluding hydrogens is 562 g/mol. The maximum absolute atomic E-state index is 14.3. The number of esters is 1. The Bertz CT molecular complexity index is 1460. The van der Waals surface area contributed by atoms with E-state index < -0.39 is 0 Å². The van der Waals surface area contributed by atoms with Crippen molar-refractivity contribution in [2.24, 2.45) is 17.8 Å². The number of hydrogen-bond acceptors (Lipinski definition) is 5. The van der Waals surface area contributed by atoms with Gasteiger partial charge in [-0.05, 0) is 124 Å². The summed E-state index contributed by atoms with van der Waals surface area (Å²) in [7, 11) is 1.73. The molecule has 3 aliphatic carbocycles. The molecule has 1 heterocycles. The molecule has 0 spiro atoms. The minimum Gasteiger partial charge on any atom is -0.496 e. The monoisotopic (exact) mass is 611 g/mol. The lowest BCUT2D eigenvalue weighted by atomic mass is 9.77. The molecular formula is C38H49N3O4. The lowest BCUT2D eigenvalue weighted by Crippen LogP contribution is -2.42. The molecule has 0 bridgehead atoms. The first-order chi connectivity index (χ1) is 21.9. The van der Waals surface area contributed by atoms with Crippen LogP contribution in [0, 0.1) is 24.7 Å². The van der Waals surface area contributed by atoms with E-state index in [9.17, 15) is 9.59 Å². The molecule has 0 aliphatic heterocycles. The summed E-state index contributed by atoms with van der Waals surface area (Å²) in [5, 5.41) is 4.61. The van der Waals surface area contributed by atoms with E-state index in [2.05, 4.69) is 70.3 Å². The molecule has 7 nitrogen and oxygen atoms in total. The molecule has 0 N–H and O–H groups in total. The van der Waals surface area contributed by atoms with Crippen LogP contribution in [-0.4, -0.2) is 41.9 Å². The van der Waals surface area contributed by atoms with E-state index in [0.29, 0.717) is 24.5 Å². The van der Waals surface area contributed by atoms with Crippen LogP contribution in [0.15, 0.2) is 54.9 Å². The molecule has 1 aromatic heterocycles. The van der Waals surface area contributed by atoms with Crippen molar-refractivity contribution >= 4 is 17.6 Å². The van der Waals surface area contributed by atoms with Gasteiger partial charge in [-0.3, -0.25) is 14.3 Å². The number of nitrogens with zero attached hydrogens (tertiary/aromatic N) is 3. The fourth-order valence-electron chi connectivity index (χ4n) is 7.41. The number of rotatable bonds is 11. The number of carbonyl (C=O) groups excluding carboxylic acids is 2. The fraction of sp³-hybridized carbons (Fsp3) is 0.553. The van der Waals surface area contributed by atoms with Crippen molar-refractivity contribution in [3.63, 3.8) is 0 Å². The summed E-state index contributed by atoms with van der Waals surface area (Å²) in [6.45, 7) is 5.33. The number of aromatic nitrogens is 2. The molecule has 3 aromatic rings. The molecule has 240 valence electrons. The van der Waals surface area contributed by atoms with Crippen molar-refractivity contribution in [1.29, 1.82) is 0 Å². The zero-order chi connectivity index (χ0) is 31.3. The van der Waals surface area contributed by atoms with Crippen molar-refractivity contribution in [2.45, 2.75) is 96.4 Å². The van der Waals surface area contributed by atoms with Crippen molar-refractivity contribution in [3.05, 3.63) is 66.0 Å². The van der Waals surface area contributed by atoms with Crippen LogP contribution in [0.1, 0.15) is 101 Å². The Labute approximate surface area is 268 Å². The van der Waals surface area contributed by atoms with Crippen LogP contribution in [-0.2, 0) is 14.3 Å². The highest BCUT2D eigenvalue weighted by molar-refractivity contribution is 5.96. The molecule has 45 heavy (non-hydrogen) atoms. The lowest BCUT2D eigenvalue weighted by Gasteiger charge is -2.36. The molecule has 0 atom stereocenters. The van der Waals surface area contributed by atoms with Crippen molar-refractivity contribution in [3.8, 4) is 16.9 Å². The molecule has 3 fully saturated rings. The van der Waals surface area contributed by atoms with Gasteiger partial charge < -0.3 is 14.4 Å². The van der Waals surface area contributed by atoms with Crippen LogP contribution in [0.3, 0.4) is 0 Å². The predicted octanol–water partition coefficient (Wildman–Crippen LogP) is 8.27. The van der Waals surface area contributed by atoms with E-state index in [1.165, 1.54) is 24.0 Å². The summed E-state index contributed by atoms with van der Waals surface area (Å²) in [5.41, 5.74) is 5.74. The molecule has 7 heteroatoms. The molecule has 0 saturated heterocycles.